The zero-order valence-corrected chi connectivity index (χ0v) is 9.92. The summed E-state index contributed by atoms with van der Waals surface area (Å²) in [5.74, 6) is -0.847. The van der Waals surface area contributed by atoms with Gasteiger partial charge < -0.3 is 15.3 Å². The molecule has 0 aromatic heterocycles. The second-order valence-electron chi connectivity index (χ2n) is 3.42. The lowest BCUT2D eigenvalue weighted by atomic mass is 10.3. The van der Waals surface area contributed by atoms with Gasteiger partial charge in [0.05, 0.1) is 0 Å². The normalized spacial score (nSPS) is 12.1. The summed E-state index contributed by atoms with van der Waals surface area (Å²) in [6, 6.07) is 0. The van der Waals surface area contributed by atoms with Crippen molar-refractivity contribution >= 4 is 5.97 Å². The quantitative estimate of drug-likeness (QED) is 0.466. The fourth-order valence-electron chi connectivity index (χ4n) is 1.19. The molecule has 0 heterocycles. The summed E-state index contributed by atoms with van der Waals surface area (Å²) >= 11 is 0. The van der Waals surface area contributed by atoms with Gasteiger partial charge in [0.1, 0.15) is 0 Å². The van der Waals surface area contributed by atoms with Gasteiger partial charge in [-0.05, 0) is 20.0 Å². The van der Waals surface area contributed by atoms with Crippen molar-refractivity contribution in [2.75, 3.05) is 32.7 Å². The van der Waals surface area contributed by atoms with Crippen molar-refractivity contribution in [3.63, 3.8) is 0 Å². The second kappa shape index (κ2) is 8.44. The summed E-state index contributed by atoms with van der Waals surface area (Å²) < 4.78 is 0. The monoisotopic (exact) mass is 214 g/mol. The van der Waals surface area contributed by atoms with Crippen molar-refractivity contribution in [2.24, 2.45) is 0 Å². The molecule has 15 heavy (non-hydrogen) atoms. The zero-order chi connectivity index (χ0) is 11.7. The second-order valence-corrected chi connectivity index (χ2v) is 3.42. The van der Waals surface area contributed by atoms with Crippen LogP contribution in [-0.2, 0) is 4.79 Å². The van der Waals surface area contributed by atoms with Crippen molar-refractivity contribution in [3.05, 3.63) is 11.6 Å². The number of aliphatic carboxylic acids is 1. The van der Waals surface area contributed by atoms with Crippen LogP contribution in [0.3, 0.4) is 0 Å². The zero-order valence-electron chi connectivity index (χ0n) is 9.92. The number of nitrogens with zero attached hydrogens (tertiary/aromatic N) is 1. The molecule has 2 N–H and O–H groups in total. The average Bonchev–Trinajstić information content (AvgIpc) is 2.23. The van der Waals surface area contributed by atoms with E-state index < -0.39 is 5.97 Å². The van der Waals surface area contributed by atoms with Gasteiger partial charge >= 0.3 is 5.97 Å². The van der Waals surface area contributed by atoms with E-state index in [9.17, 15) is 4.79 Å². The largest absolute Gasteiger partial charge is 0.478 e. The summed E-state index contributed by atoms with van der Waals surface area (Å²) in [6.07, 6.45) is 1.70. The third-order valence-electron chi connectivity index (χ3n) is 2.39. The maximum Gasteiger partial charge on any atom is 0.330 e. The Morgan fingerprint density at radius 2 is 2.00 bits per heavy atom. The van der Waals surface area contributed by atoms with Gasteiger partial charge in [-0.3, -0.25) is 0 Å². The summed E-state index contributed by atoms with van der Waals surface area (Å²) in [4.78, 5) is 12.8. The van der Waals surface area contributed by atoms with Gasteiger partial charge in [-0.25, -0.2) is 4.79 Å². The molecule has 0 atom stereocenters. The number of carboxylic acid groups (broad SMARTS) is 1. The van der Waals surface area contributed by atoms with E-state index >= 15 is 0 Å². The molecule has 0 saturated carbocycles. The maximum atomic E-state index is 10.5. The van der Waals surface area contributed by atoms with Gasteiger partial charge in [0.2, 0.25) is 0 Å². The first-order chi connectivity index (χ1) is 7.11. The van der Waals surface area contributed by atoms with Crippen molar-refractivity contribution in [1.29, 1.82) is 0 Å². The van der Waals surface area contributed by atoms with Gasteiger partial charge in [-0.2, -0.15) is 0 Å². The molecule has 0 aromatic carbocycles. The molecule has 0 aliphatic carbocycles. The van der Waals surface area contributed by atoms with Gasteiger partial charge in [0.15, 0.2) is 0 Å². The molecule has 88 valence electrons. The average molecular weight is 214 g/mol. The molecule has 0 aliphatic heterocycles. The minimum Gasteiger partial charge on any atom is -0.478 e. The Bertz CT molecular complexity index is 211. The van der Waals surface area contributed by atoms with Gasteiger partial charge in [-0.1, -0.05) is 19.9 Å². The molecule has 0 rings (SSSR count). The summed E-state index contributed by atoms with van der Waals surface area (Å²) in [5.41, 5.74) is 0.394. The number of carboxylic acids is 1. The maximum absolute atomic E-state index is 10.5. The highest BCUT2D eigenvalue weighted by Crippen LogP contribution is 1.89. The molecular formula is C11H22N2O2. The Hall–Kier alpha value is -0.870. The highest BCUT2D eigenvalue weighted by atomic mass is 16.4. The third kappa shape index (κ3) is 7.11. The van der Waals surface area contributed by atoms with Crippen LogP contribution in [0, 0.1) is 0 Å². The molecule has 0 radical (unpaired) electrons. The van der Waals surface area contributed by atoms with E-state index in [1.54, 1.807) is 13.0 Å². The highest BCUT2D eigenvalue weighted by Gasteiger charge is 1.99. The minimum absolute atomic E-state index is 0.394. The van der Waals surface area contributed by atoms with Crippen LogP contribution in [0.5, 0.6) is 0 Å². The van der Waals surface area contributed by atoms with Crippen molar-refractivity contribution in [1.82, 2.24) is 10.2 Å². The number of hydrogen-bond donors (Lipinski definition) is 2. The topological polar surface area (TPSA) is 52.6 Å². The van der Waals surface area contributed by atoms with Crippen LogP contribution >= 0.6 is 0 Å². The van der Waals surface area contributed by atoms with E-state index in [4.69, 9.17) is 5.11 Å². The molecule has 0 bridgehead atoms. The lowest BCUT2D eigenvalue weighted by Gasteiger charge is -2.17. The van der Waals surface area contributed by atoms with Crippen LogP contribution in [0.1, 0.15) is 20.8 Å². The summed E-state index contributed by atoms with van der Waals surface area (Å²) in [7, 11) is 0. The molecule has 0 fully saturated rings. The van der Waals surface area contributed by atoms with Crippen LogP contribution in [-0.4, -0.2) is 48.7 Å². The van der Waals surface area contributed by atoms with E-state index in [2.05, 4.69) is 24.1 Å². The first-order valence-corrected chi connectivity index (χ1v) is 5.44. The lowest BCUT2D eigenvalue weighted by molar-refractivity contribution is -0.132. The van der Waals surface area contributed by atoms with Crippen LogP contribution < -0.4 is 5.32 Å². The number of likely N-dealkylation sites (N-methyl/N-ethyl adjacent to an activating group) is 1. The third-order valence-corrected chi connectivity index (χ3v) is 2.39. The first kappa shape index (κ1) is 14.1. The molecule has 0 amide bonds. The molecule has 0 spiro atoms. The van der Waals surface area contributed by atoms with Crippen LogP contribution in [0.2, 0.25) is 0 Å². The van der Waals surface area contributed by atoms with Crippen LogP contribution in [0.25, 0.3) is 0 Å². The van der Waals surface area contributed by atoms with E-state index in [0.717, 1.165) is 26.2 Å². The molecular weight excluding hydrogens is 192 g/mol. The standard InChI is InChI=1S/C11H22N2O2/c1-4-13(5-2)9-8-12-7-6-10(3)11(14)15/h6,12H,4-5,7-9H2,1-3H3,(H,14,15)/b10-6-. The van der Waals surface area contributed by atoms with Gasteiger partial charge in [-0.15, -0.1) is 0 Å². The van der Waals surface area contributed by atoms with E-state index in [1.165, 1.54) is 0 Å². The minimum atomic E-state index is -0.847. The van der Waals surface area contributed by atoms with E-state index in [0.29, 0.717) is 12.1 Å². The highest BCUT2D eigenvalue weighted by molar-refractivity contribution is 5.85. The van der Waals surface area contributed by atoms with E-state index in [1.807, 2.05) is 0 Å². The molecule has 4 heteroatoms. The molecule has 4 nitrogen and oxygen atoms in total. The Kier molecular flexibility index (Phi) is 7.95. The van der Waals surface area contributed by atoms with Crippen LogP contribution in [0.15, 0.2) is 11.6 Å². The fraction of sp³-hybridized carbons (Fsp3) is 0.727. The van der Waals surface area contributed by atoms with Gasteiger partial charge in [0.25, 0.3) is 0 Å². The Morgan fingerprint density at radius 3 is 2.47 bits per heavy atom. The predicted octanol–water partition coefficient (Wildman–Crippen LogP) is 0.949. The number of rotatable bonds is 8. The Balaban J connectivity index is 3.55. The predicted molar refractivity (Wildman–Crippen MR) is 62.1 cm³/mol. The van der Waals surface area contributed by atoms with Crippen molar-refractivity contribution in [2.45, 2.75) is 20.8 Å². The smallest absolute Gasteiger partial charge is 0.330 e. The van der Waals surface area contributed by atoms with Crippen molar-refractivity contribution in [3.8, 4) is 0 Å². The Labute approximate surface area is 92.0 Å². The number of carbonyl (C=O) groups is 1. The first-order valence-electron chi connectivity index (χ1n) is 5.44. The lowest BCUT2D eigenvalue weighted by Crippen LogP contribution is -2.32. The van der Waals surface area contributed by atoms with E-state index in [-0.39, 0.29) is 0 Å². The molecule has 0 aromatic rings. The van der Waals surface area contributed by atoms with Gasteiger partial charge in [0, 0.05) is 25.2 Å². The fourth-order valence-corrected chi connectivity index (χ4v) is 1.19. The SMILES string of the molecule is CCN(CC)CCNC/C=C(/C)C(=O)O. The Morgan fingerprint density at radius 1 is 1.40 bits per heavy atom. The number of hydrogen-bond acceptors (Lipinski definition) is 3. The summed E-state index contributed by atoms with van der Waals surface area (Å²) in [5, 5.41) is 11.8. The van der Waals surface area contributed by atoms with Crippen molar-refractivity contribution < 1.29 is 9.90 Å². The molecule has 0 unspecified atom stereocenters. The molecule has 0 aliphatic rings. The summed E-state index contributed by atoms with van der Waals surface area (Å²) in [6.45, 7) is 10.5. The van der Waals surface area contributed by atoms with Crippen LogP contribution in [0.4, 0.5) is 0 Å². The number of nitrogens with one attached hydrogen (secondary N) is 1. The molecule has 0 saturated heterocycles.